The molecule has 2 aliphatic rings. The van der Waals surface area contributed by atoms with Crippen LogP contribution in [-0.2, 0) is 26.5 Å². The highest BCUT2D eigenvalue weighted by Crippen LogP contribution is 2.46. The highest BCUT2D eigenvalue weighted by Gasteiger charge is 2.55. The Morgan fingerprint density at radius 2 is 2.00 bits per heavy atom. The number of hydrogen-bond acceptors (Lipinski definition) is 4. The fourth-order valence-electron chi connectivity index (χ4n) is 4.06. The zero-order valence-corrected chi connectivity index (χ0v) is 17.0. The van der Waals surface area contributed by atoms with Crippen LogP contribution in [0.1, 0.15) is 24.5 Å². The van der Waals surface area contributed by atoms with Crippen LogP contribution in [0.5, 0.6) is 0 Å². The van der Waals surface area contributed by atoms with Crippen LogP contribution in [0.4, 0.5) is 8.78 Å². The van der Waals surface area contributed by atoms with Gasteiger partial charge in [-0.1, -0.05) is 30.3 Å². The average Bonchev–Trinajstić information content (AvgIpc) is 3.04. The Morgan fingerprint density at radius 3 is 2.79 bits per heavy atom. The lowest BCUT2D eigenvalue weighted by Gasteiger charge is -2.41. The molecule has 2 aromatic rings. The molecule has 2 aromatic carbocycles. The lowest BCUT2D eigenvalue weighted by molar-refractivity contribution is -0.0616. The molecule has 2 heterocycles. The molecule has 28 heavy (non-hydrogen) atoms. The first-order valence-corrected chi connectivity index (χ1v) is 10.1. The van der Waals surface area contributed by atoms with Crippen LogP contribution in [0.3, 0.4) is 0 Å². The number of rotatable bonds is 5. The first-order chi connectivity index (χ1) is 13.5. The van der Waals surface area contributed by atoms with Crippen LogP contribution in [0.2, 0.25) is 0 Å². The van der Waals surface area contributed by atoms with Crippen molar-refractivity contribution in [2.24, 2.45) is 5.92 Å². The second-order valence-electron chi connectivity index (χ2n) is 7.44. The largest absolute Gasteiger partial charge is 0.376 e. The standard InChI is InChI=1S/C21H22BrF2NO3/c1-13-7-16-20(11-26-10-14-5-3-2-4-6-14)28-25-21(16,12-27-13)15-8-17(22)19(24)9-18(15)23/h2-6,8-9,13,16,20,25H,7,10-12H2,1H3/t13-,16-,20-,21+/m0/s1. The number of hydrogen-bond donors (Lipinski definition) is 1. The molecule has 0 bridgehead atoms. The second kappa shape index (κ2) is 8.16. The molecule has 0 aliphatic carbocycles. The Bertz CT molecular complexity index is 838. The third kappa shape index (κ3) is 3.74. The summed E-state index contributed by atoms with van der Waals surface area (Å²) in [4.78, 5) is 5.84. The molecular formula is C21H22BrF2NO3. The van der Waals surface area contributed by atoms with Gasteiger partial charge in [-0.3, -0.25) is 4.84 Å². The Kier molecular flexibility index (Phi) is 5.81. The Balaban J connectivity index is 1.55. The van der Waals surface area contributed by atoms with Gasteiger partial charge in [0.05, 0.1) is 35.9 Å². The third-order valence-electron chi connectivity index (χ3n) is 5.54. The van der Waals surface area contributed by atoms with Crippen LogP contribution in [0.25, 0.3) is 0 Å². The van der Waals surface area contributed by atoms with E-state index in [1.54, 1.807) is 0 Å². The summed E-state index contributed by atoms with van der Waals surface area (Å²) in [6, 6.07) is 12.3. The third-order valence-corrected chi connectivity index (χ3v) is 6.15. The number of hydroxylamine groups is 1. The van der Waals surface area contributed by atoms with Gasteiger partial charge < -0.3 is 9.47 Å². The molecule has 1 N–H and O–H groups in total. The summed E-state index contributed by atoms with van der Waals surface area (Å²) in [6.07, 6.45) is 0.435. The van der Waals surface area contributed by atoms with Gasteiger partial charge in [0.25, 0.3) is 0 Å². The number of halogens is 3. The molecule has 2 saturated heterocycles. The lowest BCUT2D eigenvalue weighted by atomic mass is 9.73. The van der Waals surface area contributed by atoms with Crippen LogP contribution >= 0.6 is 15.9 Å². The van der Waals surface area contributed by atoms with Crippen molar-refractivity contribution in [2.75, 3.05) is 13.2 Å². The van der Waals surface area contributed by atoms with E-state index >= 15 is 0 Å². The van der Waals surface area contributed by atoms with Gasteiger partial charge in [0.15, 0.2) is 0 Å². The summed E-state index contributed by atoms with van der Waals surface area (Å²) in [5.41, 5.74) is 3.54. The molecule has 0 unspecified atom stereocenters. The molecule has 4 atom stereocenters. The highest BCUT2D eigenvalue weighted by molar-refractivity contribution is 9.10. The summed E-state index contributed by atoms with van der Waals surface area (Å²) in [7, 11) is 0. The maximum atomic E-state index is 14.7. The van der Waals surface area contributed by atoms with Gasteiger partial charge in [0, 0.05) is 17.5 Å². The van der Waals surface area contributed by atoms with E-state index in [2.05, 4.69) is 21.4 Å². The normalized spacial score (nSPS) is 29.6. The lowest BCUT2D eigenvalue weighted by Crippen LogP contribution is -2.52. The van der Waals surface area contributed by atoms with Crippen molar-refractivity contribution in [3.05, 3.63) is 69.7 Å². The Labute approximate surface area is 171 Å². The molecule has 7 heteroatoms. The molecule has 4 rings (SSSR count). The Hall–Kier alpha value is -1.38. The maximum absolute atomic E-state index is 14.7. The van der Waals surface area contributed by atoms with Crippen molar-refractivity contribution in [3.63, 3.8) is 0 Å². The maximum Gasteiger partial charge on any atom is 0.140 e. The van der Waals surface area contributed by atoms with Crippen molar-refractivity contribution < 1.29 is 23.1 Å². The molecule has 0 amide bonds. The molecule has 150 valence electrons. The van der Waals surface area contributed by atoms with Gasteiger partial charge in [-0.05, 0) is 40.9 Å². The van der Waals surface area contributed by atoms with Crippen LogP contribution < -0.4 is 5.48 Å². The van der Waals surface area contributed by atoms with Crippen molar-refractivity contribution in [2.45, 2.75) is 37.7 Å². The fraction of sp³-hybridized carbons (Fsp3) is 0.429. The summed E-state index contributed by atoms with van der Waals surface area (Å²) < 4.78 is 40.4. The van der Waals surface area contributed by atoms with Crippen molar-refractivity contribution in [3.8, 4) is 0 Å². The van der Waals surface area contributed by atoms with E-state index in [1.807, 2.05) is 37.3 Å². The quantitative estimate of drug-likeness (QED) is 0.678. The summed E-state index contributed by atoms with van der Waals surface area (Å²) >= 11 is 3.16. The van der Waals surface area contributed by atoms with Crippen LogP contribution in [-0.4, -0.2) is 25.4 Å². The van der Waals surface area contributed by atoms with Gasteiger partial charge in [-0.2, -0.15) is 5.48 Å². The van der Waals surface area contributed by atoms with E-state index in [9.17, 15) is 8.78 Å². The Morgan fingerprint density at radius 1 is 1.21 bits per heavy atom. The molecule has 0 spiro atoms. The van der Waals surface area contributed by atoms with Gasteiger partial charge in [-0.15, -0.1) is 0 Å². The minimum atomic E-state index is -0.881. The molecule has 0 aromatic heterocycles. The summed E-state index contributed by atoms with van der Waals surface area (Å²) in [6.45, 7) is 3.07. The van der Waals surface area contributed by atoms with Gasteiger partial charge in [0.1, 0.15) is 17.7 Å². The predicted octanol–water partition coefficient (Wildman–Crippen LogP) is 4.47. The number of benzene rings is 2. The molecule has 2 aliphatic heterocycles. The van der Waals surface area contributed by atoms with E-state index in [4.69, 9.17) is 14.3 Å². The van der Waals surface area contributed by atoms with Crippen molar-refractivity contribution >= 4 is 15.9 Å². The number of fused-ring (bicyclic) bond motifs is 1. The monoisotopic (exact) mass is 453 g/mol. The van der Waals surface area contributed by atoms with E-state index in [-0.39, 0.29) is 29.2 Å². The van der Waals surface area contributed by atoms with Crippen molar-refractivity contribution in [1.29, 1.82) is 0 Å². The molecule has 4 nitrogen and oxygen atoms in total. The average molecular weight is 454 g/mol. The topological polar surface area (TPSA) is 39.7 Å². The first kappa shape index (κ1) is 19.9. The SMILES string of the molecule is C[C@H]1C[C@H]2[C@H](COCc3ccccc3)ON[C@@]2(c2cc(Br)c(F)cc2F)CO1. The van der Waals surface area contributed by atoms with Gasteiger partial charge >= 0.3 is 0 Å². The predicted molar refractivity (Wildman–Crippen MR) is 103 cm³/mol. The second-order valence-corrected chi connectivity index (χ2v) is 8.29. The smallest absolute Gasteiger partial charge is 0.140 e. The van der Waals surface area contributed by atoms with Gasteiger partial charge in [0.2, 0.25) is 0 Å². The zero-order valence-electron chi connectivity index (χ0n) is 15.5. The minimum Gasteiger partial charge on any atom is -0.376 e. The first-order valence-electron chi connectivity index (χ1n) is 9.31. The van der Waals surface area contributed by atoms with E-state index in [0.717, 1.165) is 11.6 Å². The summed E-state index contributed by atoms with van der Waals surface area (Å²) in [5.74, 6) is -1.33. The van der Waals surface area contributed by atoms with E-state index in [0.29, 0.717) is 25.2 Å². The fourth-order valence-corrected chi connectivity index (χ4v) is 4.40. The zero-order chi connectivity index (χ0) is 19.7. The highest BCUT2D eigenvalue weighted by atomic mass is 79.9. The van der Waals surface area contributed by atoms with Crippen molar-refractivity contribution in [1.82, 2.24) is 5.48 Å². The summed E-state index contributed by atoms with van der Waals surface area (Å²) in [5, 5.41) is 0. The molecular weight excluding hydrogens is 432 g/mol. The molecule has 2 fully saturated rings. The van der Waals surface area contributed by atoms with Crippen LogP contribution in [0.15, 0.2) is 46.9 Å². The molecule has 0 saturated carbocycles. The number of ether oxygens (including phenoxy) is 2. The van der Waals surface area contributed by atoms with Gasteiger partial charge in [-0.25, -0.2) is 8.78 Å². The molecule has 0 radical (unpaired) electrons. The number of nitrogens with one attached hydrogen (secondary N) is 1. The van der Waals surface area contributed by atoms with E-state index < -0.39 is 17.2 Å². The van der Waals surface area contributed by atoms with E-state index in [1.165, 1.54) is 6.07 Å². The van der Waals surface area contributed by atoms with Crippen LogP contribution in [0, 0.1) is 17.6 Å². The minimum absolute atomic E-state index is 0.0187.